The highest BCUT2D eigenvalue weighted by molar-refractivity contribution is 5.95. The van der Waals surface area contributed by atoms with Crippen molar-refractivity contribution in [3.05, 3.63) is 63.5 Å². The van der Waals surface area contributed by atoms with Gasteiger partial charge in [-0.2, -0.15) is 4.39 Å². The third-order valence-electron chi connectivity index (χ3n) is 3.74. The maximum Gasteiger partial charge on any atom is 0.337 e. The zero-order valence-corrected chi connectivity index (χ0v) is 12.0. The molecule has 2 aromatic carbocycles. The Morgan fingerprint density at radius 3 is 2.61 bits per heavy atom. The second kappa shape index (κ2) is 5.68. The summed E-state index contributed by atoms with van der Waals surface area (Å²) in [7, 11) is 0. The first-order valence-corrected chi connectivity index (χ1v) is 7.04. The third-order valence-corrected chi connectivity index (χ3v) is 3.74. The second-order valence-electron chi connectivity index (χ2n) is 5.43. The lowest BCUT2D eigenvalue weighted by molar-refractivity contribution is -0.387. The summed E-state index contributed by atoms with van der Waals surface area (Å²) < 4.78 is 13.4. The summed E-state index contributed by atoms with van der Waals surface area (Å²) in [5, 5.41) is 22.9. The average Bonchev–Trinajstić information content (AvgIpc) is 3.34. The Hall–Kier alpha value is -2.96. The van der Waals surface area contributed by atoms with Crippen LogP contribution in [0.25, 0.3) is 0 Å². The maximum absolute atomic E-state index is 13.4. The van der Waals surface area contributed by atoms with Crippen LogP contribution in [0.4, 0.5) is 21.5 Å². The van der Waals surface area contributed by atoms with Crippen molar-refractivity contribution in [2.24, 2.45) is 0 Å². The smallest absolute Gasteiger partial charge is 0.337 e. The van der Waals surface area contributed by atoms with Gasteiger partial charge in [0.05, 0.1) is 16.2 Å². The van der Waals surface area contributed by atoms with Gasteiger partial charge in [-0.05, 0) is 48.6 Å². The van der Waals surface area contributed by atoms with Gasteiger partial charge in [0, 0.05) is 11.8 Å². The molecule has 2 N–H and O–H groups in total. The molecule has 0 amide bonds. The number of carbonyl (C=O) groups is 1. The van der Waals surface area contributed by atoms with E-state index in [2.05, 4.69) is 5.32 Å². The zero-order chi connectivity index (χ0) is 16.6. The molecule has 3 rings (SSSR count). The number of nitro benzene ring substituents is 1. The minimum atomic E-state index is -1.09. The number of nitro groups is 1. The number of halogens is 1. The highest BCUT2D eigenvalue weighted by Gasteiger charge is 2.25. The number of carboxylic acid groups (broad SMARTS) is 1. The first-order chi connectivity index (χ1) is 11.0. The Morgan fingerprint density at radius 1 is 1.26 bits per heavy atom. The Labute approximate surface area is 130 Å². The van der Waals surface area contributed by atoms with Gasteiger partial charge in [0.2, 0.25) is 5.82 Å². The van der Waals surface area contributed by atoms with Crippen LogP contribution in [0.15, 0.2) is 36.4 Å². The summed E-state index contributed by atoms with van der Waals surface area (Å²) in [5.41, 5.74) is 0.948. The zero-order valence-electron chi connectivity index (χ0n) is 12.0. The summed E-state index contributed by atoms with van der Waals surface area (Å²) in [5.74, 6) is -1.62. The van der Waals surface area contributed by atoms with Gasteiger partial charge in [-0.15, -0.1) is 0 Å². The fourth-order valence-corrected chi connectivity index (χ4v) is 2.40. The van der Waals surface area contributed by atoms with Crippen LogP contribution in [0.1, 0.15) is 34.7 Å². The minimum absolute atomic E-state index is 0.0846. The topological polar surface area (TPSA) is 92.5 Å². The van der Waals surface area contributed by atoms with E-state index in [4.69, 9.17) is 0 Å². The monoisotopic (exact) mass is 316 g/mol. The molecule has 2 aromatic rings. The lowest BCUT2D eigenvalue weighted by atomic mass is 10.0. The lowest BCUT2D eigenvalue weighted by Gasteiger charge is -2.11. The van der Waals surface area contributed by atoms with Crippen LogP contribution in [0.2, 0.25) is 0 Å². The van der Waals surface area contributed by atoms with Gasteiger partial charge >= 0.3 is 11.7 Å². The predicted octanol–water partition coefficient (Wildman–Crippen LogP) is 4.05. The molecule has 118 valence electrons. The molecule has 23 heavy (non-hydrogen) atoms. The summed E-state index contributed by atoms with van der Waals surface area (Å²) in [6.07, 6.45) is 2.10. The van der Waals surface area contributed by atoms with Gasteiger partial charge in [-0.25, -0.2) is 4.79 Å². The molecule has 0 atom stereocenters. The SMILES string of the molecule is O=C(O)c1cc(C2CC2)ccc1Nc1ccc(F)c([N+](=O)[O-])c1. The van der Waals surface area contributed by atoms with Crippen molar-refractivity contribution in [3.63, 3.8) is 0 Å². The predicted molar refractivity (Wildman–Crippen MR) is 81.7 cm³/mol. The number of aromatic carboxylic acids is 1. The van der Waals surface area contributed by atoms with E-state index in [0.717, 1.165) is 30.5 Å². The van der Waals surface area contributed by atoms with Gasteiger partial charge in [0.1, 0.15) is 0 Å². The van der Waals surface area contributed by atoms with Gasteiger partial charge in [-0.1, -0.05) is 6.07 Å². The van der Waals surface area contributed by atoms with E-state index in [1.54, 1.807) is 12.1 Å². The van der Waals surface area contributed by atoms with Crippen molar-refractivity contribution < 1.29 is 19.2 Å². The number of hydrogen-bond acceptors (Lipinski definition) is 4. The first kappa shape index (κ1) is 15.0. The standard InChI is InChI=1S/C16H13FN2O4/c17-13-5-4-11(8-15(13)19(22)23)18-14-6-3-10(9-1-2-9)7-12(14)16(20)21/h3-9,18H,1-2H2,(H,20,21). The number of nitrogens with zero attached hydrogens (tertiary/aromatic N) is 1. The van der Waals surface area contributed by atoms with Crippen molar-refractivity contribution >= 4 is 23.0 Å². The molecular formula is C16H13FN2O4. The van der Waals surface area contributed by atoms with Crippen LogP contribution >= 0.6 is 0 Å². The number of benzene rings is 2. The molecule has 0 saturated heterocycles. The van der Waals surface area contributed by atoms with E-state index in [-0.39, 0.29) is 11.3 Å². The molecule has 0 bridgehead atoms. The van der Waals surface area contributed by atoms with Gasteiger partial charge < -0.3 is 10.4 Å². The van der Waals surface area contributed by atoms with Crippen molar-refractivity contribution in [2.75, 3.05) is 5.32 Å². The van der Waals surface area contributed by atoms with Crippen molar-refractivity contribution in [1.82, 2.24) is 0 Å². The average molecular weight is 316 g/mol. The van der Waals surface area contributed by atoms with Crippen molar-refractivity contribution in [1.29, 1.82) is 0 Å². The Balaban J connectivity index is 1.94. The van der Waals surface area contributed by atoms with Crippen molar-refractivity contribution in [2.45, 2.75) is 18.8 Å². The van der Waals surface area contributed by atoms with E-state index in [1.807, 2.05) is 6.07 Å². The minimum Gasteiger partial charge on any atom is -0.478 e. The van der Waals surface area contributed by atoms with Gasteiger partial charge in [-0.3, -0.25) is 10.1 Å². The van der Waals surface area contributed by atoms with E-state index in [9.17, 15) is 24.4 Å². The summed E-state index contributed by atoms with van der Waals surface area (Å²) in [4.78, 5) is 21.4. The molecule has 1 aliphatic carbocycles. The van der Waals surface area contributed by atoms with Gasteiger partial charge in [0.25, 0.3) is 0 Å². The van der Waals surface area contributed by atoms with E-state index in [1.165, 1.54) is 6.07 Å². The highest BCUT2D eigenvalue weighted by Crippen LogP contribution is 2.41. The Bertz CT molecular complexity index is 803. The molecule has 0 heterocycles. The summed E-state index contributed by atoms with van der Waals surface area (Å²) in [6, 6.07) is 8.41. The molecule has 7 heteroatoms. The maximum atomic E-state index is 13.4. The second-order valence-corrected chi connectivity index (χ2v) is 5.43. The fourth-order valence-electron chi connectivity index (χ4n) is 2.40. The molecule has 1 aliphatic rings. The third kappa shape index (κ3) is 3.13. The number of rotatable bonds is 5. The molecular weight excluding hydrogens is 303 g/mol. The molecule has 1 fully saturated rings. The summed E-state index contributed by atoms with van der Waals surface area (Å²) in [6.45, 7) is 0. The van der Waals surface area contributed by atoms with Crippen LogP contribution in [-0.4, -0.2) is 16.0 Å². The van der Waals surface area contributed by atoms with Crippen LogP contribution < -0.4 is 5.32 Å². The van der Waals surface area contributed by atoms with Crippen LogP contribution in [0.3, 0.4) is 0 Å². The summed E-state index contributed by atoms with van der Waals surface area (Å²) >= 11 is 0. The molecule has 6 nitrogen and oxygen atoms in total. The normalized spacial score (nSPS) is 13.6. The highest BCUT2D eigenvalue weighted by atomic mass is 19.1. The fraction of sp³-hybridized carbons (Fsp3) is 0.188. The van der Waals surface area contributed by atoms with Crippen molar-refractivity contribution in [3.8, 4) is 0 Å². The Kier molecular flexibility index (Phi) is 3.69. The Morgan fingerprint density at radius 2 is 2.00 bits per heavy atom. The van der Waals surface area contributed by atoms with E-state index >= 15 is 0 Å². The molecule has 0 radical (unpaired) electrons. The molecule has 1 saturated carbocycles. The van der Waals surface area contributed by atoms with E-state index in [0.29, 0.717) is 11.6 Å². The number of anilines is 2. The largest absolute Gasteiger partial charge is 0.478 e. The lowest BCUT2D eigenvalue weighted by Crippen LogP contribution is -2.04. The number of nitrogens with one attached hydrogen (secondary N) is 1. The number of carboxylic acids is 1. The first-order valence-electron chi connectivity index (χ1n) is 7.04. The van der Waals surface area contributed by atoms with Gasteiger partial charge in [0.15, 0.2) is 0 Å². The van der Waals surface area contributed by atoms with Crippen LogP contribution in [0, 0.1) is 15.9 Å². The molecule has 0 unspecified atom stereocenters. The molecule has 0 spiro atoms. The number of hydrogen-bond donors (Lipinski definition) is 2. The van der Waals surface area contributed by atoms with Crippen LogP contribution in [-0.2, 0) is 0 Å². The molecule has 0 aromatic heterocycles. The molecule has 0 aliphatic heterocycles. The quantitative estimate of drug-likeness (QED) is 0.641. The van der Waals surface area contributed by atoms with E-state index < -0.39 is 22.4 Å². The van der Waals surface area contributed by atoms with Crippen LogP contribution in [0.5, 0.6) is 0 Å².